The van der Waals surface area contributed by atoms with Crippen molar-refractivity contribution in [2.45, 2.75) is 19.9 Å². The van der Waals surface area contributed by atoms with Gasteiger partial charge in [0.05, 0.1) is 6.54 Å². The second-order valence-electron chi connectivity index (χ2n) is 5.31. The van der Waals surface area contributed by atoms with Gasteiger partial charge in [-0.15, -0.1) is 0 Å². The van der Waals surface area contributed by atoms with Gasteiger partial charge in [0, 0.05) is 30.9 Å². The molecule has 6 heteroatoms. The molecule has 0 saturated heterocycles. The molecular weight excluding hydrogens is 282 g/mol. The summed E-state index contributed by atoms with van der Waals surface area (Å²) in [4.78, 5) is 22.6. The summed E-state index contributed by atoms with van der Waals surface area (Å²) in [6.07, 6.45) is 3.65. The highest BCUT2D eigenvalue weighted by Gasteiger charge is 2.10. The maximum absolute atomic E-state index is 12.0. The first kappa shape index (κ1) is 15.8. The lowest BCUT2D eigenvalue weighted by molar-refractivity contribution is -0.137. The van der Waals surface area contributed by atoms with Crippen LogP contribution < -0.4 is 5.32 Å². The van der Waals surface area contributed by atoms with Gasteiger partial charge in [0.15, 0.2) is 0 Å². The first-order valence-corrected chi connectivity index (χ1v) is 7.11. The Hall–Kier alpha value is -2.63. The van der Waals surface area contributed by atoms with Crippen LogP contribution in [0.15, 0.2) is 42.7 Å². The first-order chi connectivity index (χ1) is 10.5. The maximum atomic E-state index is 12.0. The fourth-order valence-corrected chi connectivity index (χ4v) is 2.08. The minimum absolute atomic E-state index is 0.0447. The zero-order valence-corrected chi connectivity index (χ0v) is 12.4. The van der Waals surface area contributed by atoms with Crippen LogP contribution in [0.5, 0.6) is 0 Å². The lowest BCUT2D eigenvalue weighted by Crippen LogP contribution is -2.29. The van der Waals surface area contributed by atoms with E-state index in [2.05, 4.69) is 10.4 Å². The van der Waals surface area contributed by atoms with E-state index >= 15 is 0 Å². The molecule has 1 amide bonds. The van der Waals surface area contributed by atoms with Gasteiger partial charge in [-0.1, -0.05) is 19.1 Å². The maximum Gasteiger partial charge on any atom is 0.303 e. The predicted octanol–water partition coefficient (Wildman–Crippen LogP) is 1.77. The molecule has 2 rings (SSSR count). The van der Waals surface area contributed by atoms with E-state index in [1.54, 1.807) is 25.3 Å². The van der Waals surface area contributed by atoms with E-state index in [1.165, 1.54) is 0 Å². The number of carboxylic acids is 1. The molecule has 2 N–H and O–H groups in total. The Kier molecular flexibility index (Phi) is 5.30. The van der Waals surface area contributed by atoms with Crippen molar-refractivity contribution in [3.8, 4) is 0 Å². The van der Waals surface area contributed by atoms with Gasteiger partial charge in [-0.05, 0) is 29.7 Å². The van der Waals surface area contributed by atoms with E-state index in [-0.39, 0.29) is 18.2 Å². The number of hydrogen-bond acceptors (Lipinski definition) is 3. The molecule has 1 heterocycles. The minimum atomic E-state index is -0.857. The summed E-state index contributed by atoms with van der Waals surface area (Å²) < 4.78 is 1.81. The molecule has 0 saturated carbocycles. The lowest BCUT2D eigenvalue weighted by atomic mass is 10.1. The van der Waals surface area contributed by atoms with Gasteiger partial charge in [-0.25, -0.2) is 0 Å². The molecule has 116 valence electrons. The van der Waals surface area contributed by atoms with Crippen molar-refractivity contribution < 1.29 is 14.7 Å². The zero-order chi connectivity index (χ0) is 15.9. The molecule has 1 aromatic carbocycles. The van der Waals surface area contributed by atoms with Crippen molar-refractivity contribution in [2.24, 2.45) is 5.92 Å². The fraction of sp³-hybridized carbons (Fsp3) is 0.312. The largest absolute Gasteiger partial charge is 0.481 e. The smallest absolute Gasteiger partial charge is 0.303 e. The molecule has 1 unspecified atom stereocenters. The monoisotopic (exact) mass is 301 g/mol. The third kappa shape index (κ3) is 4.73. The third-order valence-corrected chi connectivity index (χ3v) is 3.25. The van der Waals surface area contributed by atoms with Crippen LogP contribution in [0.1, 0.15) is 29.3 Å². The Morgan fingerprint density at radius 2 is 2.05 bits per heavy atom. The highest BCUT2D eigenvalue weighted by molar-refractivity contribution is 5.94. The average molecular weight is 301 g/mol. The van der Waals surface area contributed by atoms with Crippen molar-refractivity contribution in [3.63, 3.8) is 0 Å². The van der Waals surface area contributed by atoms with Crippen LogP contribution in [-0.2, 0) is 11.3 Å². The van der Waals surface area contributed by atoms with Gasteiger partial charge in [0.2, 0.25) is 0 Å². The molecule has 0 radical (unpaired) electrons. The number of rotatable bonds is 7. The average Bonchev–Trinajstić information content (AvgIpc) is 2.98. The summed E-state index contributed by atoms with van der Waals surface area (Å²) in [6.45, 7) is 2.80. The number of carboxylic acid groups (broad SMARTS) is 1. The molecule has 2 aromatic rings. The Morgan fingerprint density at radius 3 is 2.64 bits per heavy atom. The molecule has 0 aliphatic carbocycles. The van der Waals surface area contributed by atoms with Crippen LogP contribution in [-0.4, -0.2) is 33.3 Å². The number of hydrogen-bond donors (Lipinski definition) is 2. The van der Waals surface area contributed by atoms with E-state index in [0.29, 0.717) is 18.7 Å². The summed E-state index contributed by atoms with van der Waals surface area (Å²) in [7, 11) is 0. The number of nitrogens with one attached hydrogen (secondary N) is 1. The van der Waals surface area contributed by atoms with Crippen molar-refractivity contribution in [3.05, 3.63) is 53.9 Å². The number of carbonyl (C=O) groups is 2. The summed E-state index contributed by atoms with van der Waals surface area (Å²) in [6, 6.07) is 9.15. The predicted molar refractivity (Wildman–Crippen MR) is 81.5 cm³/mol. The van der Waals surface area contributed by atoms with E-state index in [4.69, 9.17) is 5.11 Å². The molecule has 0 bridgehead atoms. The van der Waals surface area contributed by atoms with Gasteiger partial charge < -0.3 is 10.4 Å². The Balaban J connectivity index is 1.87. The topological polar surface area (TPSA) is 84.2 Å². The minimum Gasteiger partial charge on any atom is -0.481 e. The molecular formula is C16H19N3O3. The van der Waals surface area contributed by atoms with Crippen LogP contribution in [0.3, 0.4) is 0 Å². The van der Waals surface area contributed by atoms with Crippen LogP contribution in [0.2, 0.25) is 0 Å². The van der Waals surface area contributed by atoms with Gasteiger partial charge in [-0.2, -0.15) is 5.10 Å². The molecule has 6 nitrogen and oxygen atoms in total. The molecule has 0 fully saturated rings. The van der Waals surface area contributed by atoms with E-state index in [1.807, 2.05) is 29.1 Å². The van der Waals surface area contributed by atoms with Crippen LogP contribution in [0, 0.1) is 5.92 Å². The second kappa shape index (κ2) is 7.40. The molecule has 0 spiro atoms. The Bertz CT molecular complexity index is 621. The number of benzene rings is 1. The molecule has 1 atom stereocenters. The van der Waals surface area contributed by atoms with Crippen LogP contribution >= 0.6 is 0 Å². The highest BCUT2D eigenvalue weighted by Crippen LogP contribution is 2.07. The van der Waals surface area contributed by atoms with E-state index in [9.17, 15) is 9.59 Å². The first-order valence-electron chi connectivity index (χ1n) is 7.11. The van der Waals surface area contributed by atoms with Crippen molar-refractivity contribution in [1.29, 1.82) is 0 Å². The number of aliphatic carboxylic acids is 1. The number of amides is 1. The van der Waals surface area contributed by atoms with Crippen molar-refractivity contribution in [1.82, 2.24) is 15.1 Å². The van der Waals surface area contributed by atoms with E-state index < -0.39 is 5.97 Å². The molecule has 0 aliphatic heterocycles. The second-order valence-corrected chi connectivity index (χ2v) is 5.31. The standard InChI is InChI=1S/C16H19N3O3/c1-12(9-15(20)21)10-17-16(22)14-5-3-13(4-6-14)11-19-8-2-7-18-19/h2-8,12H,9-11H2,1H3,(H,17,22)(H,20,21). The number of carbonyl (C=O) groups excluding carboxylic acids is 1. The van der Waals surface area contributed by atoms with Crippen molar-refractivity contribution in [2.75, 3.05) is 6.54 Å². The third-order valence-electron chi connectivity index (χ3n) is 3.25. The highest BCUT2D eigenvalue weighted by atomic mass is 16.4. The van der Waals surface area contributed by atoms with Crippen molar-refractivity contribution >= 4 is 11.9 Å². The van der Waals surface area contributed by atoms with Crippen LogP contribution in [0.25, 0.3) is 0 Å². The van der Waals surface area contributed by atoms with Gasteiger partial charge in [-0.3, -0.25) is 14.3 Å². The lowest BCUT2D eigenvalue weighted by Gasteiger charge is -2.10. The quantitative estimate of drug-likeness (QED) is 0.816. The fourth-order valence-electron chi connectivity index (χ4n) is 2.08. The summed E-state index contributed by atoms with van der Waals surface area (Å²) >= 11 is 0. The van der Waals surface area contributed by atoms with Gasteiger partial charge in [0.1, 0.15) is 0 Å². The SMILES string of the molecule is CC(CNC(=O)c1ccc(Cn2cccn2)cc1)CC(=O)O. The summed E-state index contributed by atoms with van der Waals surface area (Å²) in [5, 5.41) is 15.6. The van der Waals surface area contributed by atoms with Crippen LogP contribution in [0.4, 0.5) is 0 Å². The molecule has 0 aliphatic rings. The molecule has 1 aromatic heterocycles. The normalized spacial score (nSPS) is 11.9. The number of aromatic nitrogens is 2. The summed E-state index contributed by atoms with van der Waals surface area (Å²) in [5.41, 5.74) is 1.62. The zero-order valence-electron chi connectivity index (χ0n) is 12.4. The Morgan fingerprint density at radius 1 is 1.32 bits per heavy atom. The summed E-state index contributed by atoms with van der Waals surface area (Å²) in [5.74, 6) is -1.15. The van der Waals surface area contributed by atoms with E-state index in [0.717, 1.165) is 5.56 Å². The van der Waals surface area contributed by atoms with Gasteiger partial charge in [0.25, 0.3) is 5.91 Å². The Labute approximate surface area is 128 Å². The number of nitrogens with zero attached hydrogens (tertiary/aromatic N) is 2. The van der Waals surface area contributed by atoms with Gasteiger partial charge >= 0.3 is 5.97 Å². The molecule has 22 heavy (non-hydrogen) atoms.